The number of amides is 1. The first-order valence-corrected chi connectivity index (χ1v) is 3.99. The van der Waals surface area contributed by atoms with E-state index in [1.807, 2.05) is 0 Å². The summed E-state index contributed by atoms with van der Waals surface area (Å²) in [6.07, 6.45) is -4.37. The van der Waals surface area contributed by atoms with Crippen molar-refractivity contribution in [3.05, 3.63) is 12.7 Å². The van der Waals surface area contributed by atoms with Gasteiger partial charge in [0.25, 0.3) is 0 Å². The van der Waals surface area contributed by atoms with Gasteiger partial charge >= 0.3 is 18.1 Å². The van der Waals surface area contributed by atoms with E-state index >= 15 is 0 Å². The van der Waals surface area contributed by atoms with Gasteiger partial charge in [-0.1, -0.05) is 6.08 Å². The lowest BCUT2D eigenvalue weighted by Gasteiger charge is -2.14. The Morgan fingerprint density at radius 3 is 2.33 bits per heavy atom. The average Bonchev–Trinajstić information content (AvgIpc) is 2.09. The van der Waals surface area contributed by atoms with Crippen LogP contribution < -0.4 is 5.32 Å². The van der Waals surface area contributed by atoms with Crippen molar-refractivity contribution in [2.24, 2.45) is 0 Å². The molecular weight excluding hydrogens is 215 g/mol. The van der Waals surface area contributed by atoms with E-state index in [9.17, 15) is 22.8 Å². The molecule has 0 fully saturated rings. The number of rotatable bonds is 5. The highest BCUT2D eigenvalue weighted by atomic mass is 19.4. The summed E-state index contributed by atoms with van der Waals surface area (Å²) in [6, 6.07) is -0.991. The molecule has 0 aromatic heterocycles. The smallest absolute Gasteiger partial charge is 0.471 e. The van der Waals surface area contributed by atoms with Crippen molar-refractivity contribution in [1.82, 2.24) is 5.32 Å². The minimum atomic E-state index is -4.97. The number of aliphatic carboxylic acids is 1. The predicted octanol–water partition coefficient (Wildman–Crippen LogP) is 1.08. The fourth-order valence-corrected chi connectivity index (χ4v) is 0.778. The molecule has 0 heterocycles. The maximum Gasteiger partial charge on any atom is 0.471 e. The minimum Gasteiger partial charge on any atom is -0.481 e. The Hall–Kier alpha value is -1.53. The monoisotopic (exact) mass is 225 g/mol. The molecule has 0 rings (SSSR count). The van der Waals surface area contributed by atoms with Crippen molar-refractivity contribution < 1.29 is 27.9 Å². The summed E-state index contributed by atoms with van der Waals surface area (Å²) in [5.74, 6) is -3.25. The van der Waals surface area contributed by atoms with Gasteiger partial charge in [0.2, 0.25) is 0 Å². The van der Waals surface area contributed by atoms with Crippen molar-refractivity contribution in [3.8, 4) is 0 Å². The number of carbonyl (C=O) groups is 2. The number of carboxylic acids is 1. The summed E-state index contributed by atoms with van der Waals surface area (Å²) in [5.41, 5.74) is 0. The maximum atomic E-state index is 11.8. The van der Waals surface area contributed by atoms with Gasteiger partial charge in [0.15, 0.2) is 0 Å². The molecule has 0 spiro atoms. The standard InChI is InChI=1S/C8H10F3NO3/c1-2-5(3-4-6(13)14)12-7(15)8(9,10)11/h2,5H,1,3-4H2,(H,12,15)(H,13,14). The molecule has 0 bridgehead atoms. The lowest BCUT2D eigenvalue weighted by molar-refractivity contribution is -0.174. The molecule has 0 radical (unpaired) electrons. The highest BCUT2D eigenvalue weighted by Crippen LogP contribution is 2.15. The second kappa shape index (κ2) is 5.38. The maximum absolute atomic E-state index is 11.8. The normalized spacial score (nSPS) is 13.0. The van der Waals surface area contributed by atoms with E-state index in [2.05, 4.69) is 6.58 Å². The summed E-state index contributed by atoms with van der Waals surface area (Å²) in [4.78, 5) is 20.6. The molecule has 1 atom stereocenters. The van der Waals surface area contributed by atoms with Crippen molar-refractivity contribution in [1.29, 1.82) is 0 Å². The number of hydrogen-bond donors (Lipinski definition) is 2. The highest BCUT2D eigenvalue weighted by molar-refractivity contribution is 5.82. The van der Waals surface area contributed by atoms with Gasteiger partial charge < -0.3 is 10.4 Å². The number of hydrogen-bond acceptors (Lipinski definition) is 2. The van der Waals surface area contributed by atoms with E-state index in [1.54, 1.807) is 5.32 Å². The van der Waals surface area contributed by atoms with Gasteiger partial charge in [-0.25, -0.2) is 0 Å². The molecule has 0 aromatic rings. The van der Waals surface area contributed by atoms with E-state index in [4.69, 9.17) is 5.11 Å². The summed E-state index contributed by atoms with van der Waals surface area (Å²) < 4.78 is 35.3. The van der Waals surface area contributed by atoms with Crippen LogP contribution in [0.15, 0.2) is 12.7 Å². The highest BCUT2D eigenvalue weighted by Gasteiger charge is 2.39. The molecule has 0 aliphatic carbocycles. The molecule has 1 unspecified atom stereocenters. The Balaban J connectivity index is 4.16. The molecular formula is C8H10F3NO3. The van der Waals surface area contributed by atoms with Gasteiger partial charge in [0, 0.05) is 12.5 Å². The van der Waals surface area contributed by atoms with Crippen molar-refractivity contribution in [3.63, 3.8) is 0 Å². The molecule has 15 heavy (non-hydrogen) atoms. The second-order valence-electron chi connectivity index (χ2n) is 2.75. The van der Waals surface area contributed by atoms with Crippen LogP contribution in [0.25, 0.3) is 0 Å². The van der Waals surface area contributed by atoms with Crippen LogP contribution in [0.5, 0.6) is 0 Å². The number of nitrogens with one attached hydrogen (secondary N) is 1. The molecule has 0 aliphatic heterocycles. The molecule has 86 valence electrons. The summed E-state index contributed by atoms with van der Waals surface area (Å²) in [5, 5.41) is 9.90. The van der Waals surface area contributed by atoms with Crippen molar-refractivity contribution in [2.75, 3.05) is 0 Å². The van der Waals surface area contributed by atoms with Crippen LogP contribution in [0, 0.1) is 0 Å². The SMILES string of the molecule is C=CC(CCC(=O)O)NC(=O)C(F)(F)F. The van der Waals surface area contributed by atoms with E-state index in [0.717, 1.165) is 6.08 Å². The first-order chi connectivity index (χ1) is 6.77. The number of halogens is 3. The van der Waals surface area contributed by atoms with Crippen LogP contribution >= 0.6 is 0 Å². The summed E-state index contributed by atoms with van der Waals surface area (Å²) in [6.45, 7) is 3.20. The zero-order valence-corrected chi connectivity index (χ0v) is 7.67. The van der Waals surface area contributed by atoms with Gasteiger partial charge in [-0.05, 0) is 6.42 Å². The minimum absolute atomic E-state index is 0.124. The van der Waals surface area contributed by atoms with E-state index in [1.165, 1.54) is 0 Å². The lowest BCUT2D eigenvalue weighted by Crippen LogP contribution is -2.42. The molecule has 0 saturated heterocycles. The third-order valence-corrected chi connectivity index (χ3v) is 1.53. The zero-order chi connectivity index (χ0) is 12.1. The third-order valence-electron chi connectivity index (χ3n) is 1.53. The van der Waals surface area contributed by atoms with E-state index in [-0.39, 0.29) is 12.8 Å². The fourth-order valence-electron chi connectivity index (χ4n) is 0.778. The molecule has 7 heteroatoms. The predicted molar refractivity (Wildman–Crippen MR) is 45.1 cm³/mol. The zero-order valence-electron chi connectivity index (χ0n) is 7.67. The van der Waals surface area contributed by atoms with Crippen LogP contribution in [-0.4, -0.2) is 29.2 Å². The Morgan fingerprint density at radius 2 is 2.00 bits per heavy atom. The molecule has 0 saturated carbocycles. The van der Waals surface area contributed by atoms with Crippen LogP contribution in [0.4, 0.5) is 13.2 Å². The average molecular weight is 225 g/mol. The van der Waals surface area contributed by atoms with Gasteiger partial charge in [-0.15, -0.1) is 6.58 Å². The van der Waals surface area contributed by atoms with Crippen molar-refractivity contribution >= 4 is 11.9 Å². The second-order valence-corrected chi connectivity index (χ2v) is 2.75. The molecule has 2 N–H and O–H groups in total. The molecule has 4 nitrogen and oxygen atoms in total. The van der Waals surface area contributed by atoms with Crippen LogP contribution in [-0.2, 0) is 9.59 Å². The van der Waals surface area contributed by atoms with Crippen LogP contribution in [0.2, 0.25) is 0 Å². The first-order valence-electron chi connectivity index (χ1n) is 3.99. The van der Waals surface area contributed by atoms with Crippen LogP contribution in [0.3, 0.4) is 0 Å². The summed E-state index contributed by atoms with van der Waals surface area (Å²) in [7, 11) is 0. The topological polar surface area (TPSA) is 66.4 Å². The third kappa shape index (κ3) is 5.71. The molecule has 0 aliphatic rings. The Bertz CT molecular complexity index is 262. The van der Waals surface area contributed by atoms with Crippen LogP contribution in [0.1, 0.15) is 12.8 Å². The lowest BCUT2D eigenvalue weighted by atomic mass is 10.1. The van der Waals surface area contributed by atoms with Gasteiger partial charge in [0.05, 0.1) is 0 Å². The molecule has 1 amide bonds. The Labute approximate surface area is 83.8 Å². The number of carboxylic acid groups (broad SMARTS) is 1. The number of alkyl halides is 3. The number of carbonyl (C=O) groups excluding carboxylic acids is 1. The Kier molecular flexibility index (Phi) is 4.83. The van der Waals surface area contributed by atoms with E-state index < -0.39 is 24.1 Å². The molecule has 0 aromatic carbocycles. The largest absolute Gasteiger partial charge is 0.481 e. The van der Waals surface area contributed by atoms with Crippen molar-refractivity contribution in [2.45, 2.75) is 25.1 Å². The Morgan fingerprint density at radius 1 is 1.47 bits per heavy atom. The fraction of sp³-hybridized carbons (Fsp3) is 0.500. The van der Waals surface area contributed by atoms with E-state index in [0.29, 0.717) is 0 Å². The van der Waals surface area contributed by atoms with Gasteiger partial charge in [0.1, 0.15) is 0 Å². The van der Waals surface area contributed by atoms with Gasteiger partial charge in [-0.2, -0.15) is 13.2 Å². The first kappa shape index (κ1) is 13.5. The quantitative estimate of drug-likeness (QED) is 0.688. The van der Waals surface area contributed by atoms with Gasteiger partial charge in [-0.3, -0.25) is 9.59 Å². The summed E-state index contributed by atoms with van der Waals surface area (Å²) >= 11 is 0.